The summed E-state index contributed by atoms with van der Waals surface area (Å²) in [5.41, 5.74) is 1.09. The number of benzene rings is 1. The molecule has 0 spiro atoms. The molecule has 0 aliphatic carbocycles. The molecule has 24 heavy (non-hydrogen) atoms. The molecule has 0 radical (unpaired) electrons. The van der Waals surface area contributed by atoms with Gasteiger partial charge in [-0.25, -0.2) is 4.98 Å². The molecule has 0 saturated heterocycles. The molecule has 1 amide bonds. The van der Waals surface area contributed by atoms with Crippen LogP contribution in [0.15, 0.2) is 54.3 Å². The lowest BCUT2D eigenvalue weighted by atomic mass is 10.2. The molecule has 0 aliphatic rings. The topological polar surface area (TPSA) is 94.3 Å². The standard InChI is InChI=1S/C15H10N6O2S/c22-14(18-15-16-6-7-24-15)10-2-1-3-11(8-10)23-13-5-4-12-19-17-9-21(12)20-13/h1-9H,(H,16,18,22). The summed E-state index contributed by atoms with van der Waals surface area (Å²) in [4.78, 5) is 16.2. The third-order valence-corrected chi connectivity index (χ3v) is 3.80. The highest BCUT2D eigenvalue weighted by molar-refractivity contribution is 7.13. The Morgan fingerprint density at radius 1 is 1.25 bits per heavy atom. The highest BCUT2D eigenvalue weighted by Gasteiger charge is 2.09. The molecule has 1 N–H and O–H groups in total. The van der Waals surface area contributed by atoms with Gasteiger partial charge in [-0.2, -0.15) is 4.52 Å². The molecule has 9 heteroatoms. The van der Waals surface area contributed by atoms with Crippen molar-refractivity contribution in [2.75, 3.05) is 5.32 Å². The Balaban J connectivity index is 1.54. The minimum atomic E-state index is -0.252. The second-order valence-electron chi connectivity index (χ2n) is 4.73. The molecule has 0 aliphatic heterocycles. The molecule has 4 aromatic rings. The largest absolute Gasteiger partial charge is 0.438 e. The fourth-order valence-electron chi connectivity index (χ4n) is 2.04. The number of ether oxygens (including phenoxy) is 1. The molecule has 8 nitrogen and oxygen atoms in total. The van der Waals surface area contributed by atoms with Gasteiger partial charge in [0.1, 0.15) is 12.1 Å². The molecule has 3 aromatic heterocycles. The molecular formula is C15H10N6O2S. The van der Waals surface area contributed by atoms with Crippen LogP contribution >= 0.6 is 11.3 Å². The fraction of sp³-hybridized carbons (Fsp3) is 0. The Labute approximate surface area is 139 Å². The van der Waals surface area contributed by atoms with Crippen LogP contribution in [0.3, 0.4) is 0 Å². The summed E-state index contributed by atoms with van der Waals surface area (Å²) in [7, 11) is 0. The summed E-state index contributed by atoms with van der Waals surface area (Å²) >= 11 is 1.36. The van der Waals surface area contributed by atoms with E-state index in [-0.39, 0.29) is 5.91 Å². The predicted octanol–water partition coefficient (Wildman–Crippen LogP) is 2.63. The number of fused-ring (bicyclic) bond motifs is 1. The fourth-order valence-corrected chi connectivity index (χ4v) is 2.57. The van der Waals surface area contributed by atoms with Gasteiger partial charge >= 0.3 is 0 Å². The predicted molar refractivity (Wildman–Crippen MR) is 87.4 cm³/mol. The Kier molecular flexibility index (Phi) is 3.60. The lowest BCUT2D eigenvalue weighted by Gasteiger charge is -2.07. The van der Waals surface area contributed by atoms with Gasteiger partial charge in [-0.05, 0) is 24.3 Å². The highest BCUT2D eigenvalue weighted by Crippen LogP contribution is 2.21. The first-order valence-corrected chi connectivity index (χ1v) is 7.82. The third kappa shape index (κ3) is 2.92. The van der Waals surface area contributed by atoms with Crippen LogP contribution in [0.5, 0.6) is 11.6 Å². The van der Waals surface area contributed by atoms with Crippen LogP contribution in [0, 0.1) is 0 Å². The number of hydrogen-bond donors (Lipinski definition) is 1. The first-order chi connectivity index (χ1) is 11.8. The molecule has 3 heterocycles. The molecule has 0 saturated carbocycles. The van der Waals surface area contributed by atoms with Crippen LogP contribution in [0.1, 0.15) is 10.4 Å². The maximum Gasteiger partial charge on any atom is 0.257 e. The number of anilines is 1. The van der Waals surface area contributed by atoms with Crippen LogP contribution < -0.4 is 10.1 Å². The number of nitrogens with zero attached hydrogens (tertiary/aromatic N) is 5. The number of amides is 1. The van der Waals surface area contributed by atoms with E-state index in [4.69, 9.17) is 4.74 Å². The minimum absolute atomic E-state index is 0.252. The van der Waals surface area contributed by atoms with Gasteiger partial charge in [0, 0.05) is 23.2 Å². The molecule has 0 bridgehead atoms. The van der Waals surface area contributed by atoms with E-state index < -0.39 is 0 Å². The number of carbonyl (C=O) groups excluding carboxylic acids is 1. The average molecular weight is 338 g/mol. The monoisotopic (exact) mass is 338 g/mol. The van der Waals surface area contributed by atoms with Gasteiger partial charge in [-0.1, -0.05) is 6.07 Å². The smallest absolute Gasteiger partial charge is 0.257 e. The number of rotatable bonds is 4. The Morgan fingerprint density at radius 2 is 2.21 bits per heavy atom. The van der Waals surface area contributed by atoms with Crippen molar-refractivity contribution in [1.29, 1.82) is 0 Å². The van der Waals surface area contributed by atoms with Crippen molar-refractivity contribution >= 4 is 28.0 Å². The molecular weight excluding hydrogens is 328 g/mol. The Hall–Kier alpha value is -3.33. The number of thiazole rings is 1. The first kappa shape index (κ1) is 14.3. The van der Waals surface area contributed by atoms with Gasteiger partial charge in [-0.15, -0.1) is 26.6 Å². The van der Waals surface area contributed by atoms with Crippen molar-refractivity contribution < 1.29 is 9.53 Å². The van der Waals surface area contributed by atoms with E-state index in [9.17, 15) is 4.79 Å². The molecule has 0 fully saturated rings. The van der Waals surface area contributed by atoms with Crippen LogP contribution in [0.2, 0.25) is 0 Å². The van der Waals surface area contributed by atoms with Crippen molar-refractivity contribution in [1.82, 2.24) is 24.8 Å². The second kappa shape index (κ2) is 6.05. The van der Waals surface area contributed by atoms with Crippen LogP contribution in [0.4, 0.5) is 5.13 Å². The normalized spacial score (nSPS) is 10.7. The van der Waals surface area contributed by atoms with Gasteiger partial charge in [0.05, 0.1) is 0 Å². The molecule has 0 atom stereocenters. The summed E-state index contributed by atoms with van der Waals surface area (Å²) < 4.78 is 7.21. The maximum absolute atomic E-state index is 12.2. The molecule has 118 valence electrons. The minimum Gasteiger partial charge on any atom is -0.438 e. The number of nitrogens with one attached hydrogen (secondary N) is 1. The van der Waals surface area contributed by atoms with Crippen molar-refractivity contribution in [3.05, 3.63) is 59.9 Å². The molecule has 0 unspecified atom stereocenters. The van der Waals surface area contributed by atoms with Crippen LogP contribution in [0.25, 0.3) is 5.65 Å². The number of hydrogen-bond acceptors (Lipinski definition) is 7. The molecule has 4 rings (SSSR count). The maximum atomic E-state index is 12.2. The SMILES string of the molecule is O=C(Nc1nccs1)c1cccc(Oc2ccc3nncn3n2)c1. The van der Waals surface area contributed by atoms with Gasteiger partial charge in [0.2, 0.25) is 5.88 Å². The zero-order valence-electron chi connectivity index (χ0n) is 12.2. The quantitative estimate of drug-likeness (QED) is 0.615. The summed E-state index contributed by atoms with van der Waals surface area (Å²) in [5.74, 6) is 0.624. The van der Waals surface area contributed by atoms with E-state index in [1.807, 2.05) is 0 Å². The highest BCUT2D eigenvalue weighted by atomic mass is 32.1. The van der Waals surface area contributed by atoms with E-state index in [0.717, 1.165) is 0 Å². The summed E-state index contributed by atoms with van der Waals surface area (Å²) in [6, 6.07) is 10.3. The lowest BCUT2D eigenvalue weighted by Crippen LogP contribution is -2.11. The van der Waals surface area contributed by atoms with E-state index in [1.54, 1.807) is 48.0 Å². The first-order valence-electron chi connectivity index (χ1n) is 6.94. The van der Waals surface area contributed by atoms with Crippen molar-refractivity contribution in [2.24, 2.45) is 0 Å². The van der Waals surface area contributed by atoms with Crippen molar-refractivity contribution in [3.8, 4) is 11.6 Å². The van der Waals surface area contributed by atoms with E-state index in [0.29, 0.717) is 28.0 Å². The third-order valence-electron chi connectivity index (χ3n) is 3.11. The lowest BCUT2D eigenvalue weighted by molar-refractivity contribution is 0.102. The van der Waals surface area contributed by atoms with E-state index >= 15 is 0 Å². The Morgan fingerprint density at radius 3 is 3.08 bits per heavy atom. The Bertz CT molecular complexity index is 998. The number of carbonyl (C=O) groups is 1. The van der Waals surface area contributed by atoms with Gasteiger partial charge in [0.25, 0.3) is 5.91 Å². The summed E-state index contributed by atoms with van der Waals surface area (Å²) in [6.07, 6.45) is 3.12. The second-order valence-corrected chi connectivity index (χ2v) is 5.62. The van der Waals surface area contributed by atoms with Crippen LogP contribution in [-0.2, 0) is 0 Å². The van der Waals surface area contributed by atoms with Gasteiger partial charge in [0.15, 0.2) is 10.8 Å². The summed E-state index contributed by atoms with van der Waals surface area (Å²) in [6.45, 7) is 0. The van der Waals surface area contributed by atoms with E-state index in [1.165, 1.54) is 22.2 Å². The zero-order chi connectivity index (χ0) is 16.4. The van der Waals surface area contributed by atoms with Crippen molar-refractivity contribution in [3.63, 3.8) is 0 Å². The zero-order valence-corrected chi connectivity index (χ0v) is 13.0. The van der Waals surface area contributed by atoms with Crippen LogP contribution in [-0.4, -0.2) is 30.7 Å². The van der Waals surface area contributed by atoms with Crippen molar-refractivity contribution in [2.45, 2.75) is 0 Å². The molecule has 1 aromatic carbocycles. The van der Waals surface area contributed by atoms with Gasteiger partial charge in [-0.3, -0.25) is 10.1 Å². The van der Waals surface area contributed by atoms with E-state index in [2.05, 4.69) is 25.6 Å². The van der Waals surface area contributed by atoms with Gasteiger partial charge < -0.3 is 4.74 Å². The number of aromatic nitrogens is 5. The summed E-state index contributed by atoms with van der Waals surface area (Å²) in [5, 5.41) is 16.9. The average Bonchev–Trinajstić information content (AvgIpc) is 3.26.